The van der Waals surface area contributed by atoms with Gasteiger partial charge in [0.2, 0.25) is 0 Å². The largest absolute Gasteiger partial charge is 0.491 e. The Morgan fingerprint density at radius 3 is 2.52 bits per heavy atom. The van der Waals surface area contributed by atoms with Gasteiger partial charge in [-0.25, -0.2) is 4.79 Å². The van der Waals surface area contributed by atoms with Crippen LogP contribution in [0, 0.1) is 0 Å². The van der Waals surface area contributed by atoms with Crippen LogP contribution in [0.3, 0.4) is 0 Å². The molecule has 0 aliphatic carbocycles. The molecule has 5 heteroatoms. The predicted octanol–water partition coefficient (Wildman–Crippen LogP) is 4.05. The van der Waals surface area contributed by atoms with Crippen molar-refractivity contribution in [3.63, 3.8) is 0 Å². The van der Waals surface area contributed by atoms with Crippen molar-refractivity contribution in [2.45, 2.75) is 38.8 Å². The molecule has 1 atom stereocenters. The lowest BCUT2D eigenvalue weighted by molar-refractivity contribution is -0.141. The molecule has 140 valence electrons. The van der Waals surface area contributed by atoms with Crippen LogP contribution in [0.15, 0.2) is 65.6 Å². The van der Waals surface area contributed by atoms with Gasteiger partial charge < -0.3 is 14.4 Å². The van der Waals surface area contributed by atoms with Gasteiger partial charge in [0, 0.05) is 11.6 Å². The highest BCUT2D eigenvalue weighted by Crippen LogP contribution is 2.21. The van der Waals surface area contributed by atoms with Crippen molar-refractivity contribution in [1.82, 2.24) is 4.57 Å². The average molecular weight is 365 g/mol. The molecule has 3 aromatic rings. The minimum atomic E-state index is -1.01. The lowest BCUT2D eigenvalue weighted by atomic mass is 10.0. The summed E-state index contributed by atoms with van der Waals surface area (Å²) in [7, 11) is 0. The summed E-state index contributed by atoms with van der Waals surface area (Å²) in [6.45, 7) is 3.87. The molecule has 0 fully saturated rings. The first kappa shape index (κ1) is 18.7. The molecule has 1 N–H and O–H groups in total. The molecule has 27 heavy (non-hydrogen) atoms. The van der Waals surface area contributed by atoms with Crippen molar-refractivity contribution in [3.05, 3.63) is 76.7 Å². The van der Waals surface area contributed by atoms with Crippen molar-refractivity contribution < 1.29 is 14.6 Å². The number of hydrogen-bond donors (Lipinski definition) is 1. The summed E-state index contributed by atoms with van der Waals surface area (Å²) in [6, 6.07) is 15.8. The molecule has 0 saturated heterocycles. The Kier molecular flexibility index (Phi) is 5.60. The zero-order chi connectivity index (χ0) is 19.4. The Labute approximate surface area is 157 Å². The maximum absolute atomic E-state index is 12.9. The number of aryl methyl sites for hydroxylation is 1. The van der Waals surface area contributed by atoms with Gasteiger partial charge in [0.25, 0.3) is 5.56 Å². The van der Waals surface area contributed by atoms with E-state index in [1.165, 1.54) is 4.57 Å². The molecule has 2 aromatic carbocycles. The summed E-state index contributed by atoms with van der Waals surface area (Å²) in [5.74, 6) is -0.319. The van der Waals surface area contributed by atoms with Gasteiger partial charge in [-0.1, -0.05) is 30.3 Å². The van der Waals surface area contributed by atoms with E-state index in [1.54, 1.807) is 30.5 Å². The molecular weight excluding hydrogens is 342 g/mol. The molecule has 1 unspecified atom stereocenters. The van der Waals surface area contributed by atoms with E-state index in [9.17, 15) is 14.7 Å². The molecule has 0 aliphatic heterocycles. The molecule has 0 saturated carbocycles. The normalized spacial score (nSPS) is 12.3. The molecular formula is C22H23NO4. The van der Waals surface area contributed by atoms with Crippen molar-refractivity contribution in [2.75, 3.05) is 0 Å². The first-order chi connectivity index (χ1) is 13.0. The molecule has 0 aliphatic rings. The lowest BCUT2D eigenvalue weighted by Crippen LogP contribution is -2.30. The van der Waals surface area contributed by atoms with Crippen LogP contribution in [0.1, 0.15) is 31.9 Å². The zero-order valence-corrected chi connectivity index (χ0v) is 15.5. The molecule has 1 aromatic heterocycles. The number of rotatable bonds is 7. The van der Waals surface area contributed by atoms with Crippen LogP contribution in [0.4, 0.5) is 0 Å². The van der Waals surface area contributed by atoms with Crippen molar-refractivity contribution in [2.24, 2.45) is 0 Å². The number of aromatic nitrogens is 1. The van der Waals surface area contributed by atoms with Crippen LogP contribution in [0.25, 0.3) is 10.8 Å². The molecule has 0 amide bonds. The second-order valence-electron chi connectivity index (χ2n) is 6.82. The summed E-state index contributed by atoms with van der Waals surface area (Å²) in [5.41, 5.74) is 0.747. The van der Waals surface area contributed by atoms with Gasteiger partial charge in [0.05, 0.1) is 6.10 Å². The fourth-order valence-electron chi connectivity index (χ4n) is 3.16. The number of carboxylic acids is 1. The number of aliphatic carboxylic acids is 1. The maximum Gasteiger partial charge on any atom is 0.326 e. The van der Waals surface area contributed by atoms with Gasteiger partial charge in [-0.05, 0) is 61.9 Å². The third-order valence-corrected chi connectivity index (χ3v) is 4.44. The standard InChI is InChI=1S/C22H23NO4/c1-15(2)27-18-9-10-19-17(14-18)12-13-23(21(19)24)20(22(25)26)11-8-16-6-4-3-5-7-16/h3-7,9-10,12-15,20H,8,11H2,1-2H3,(H,25,26). The molecule has 0 bridgehead atoms. The highest BCUT2D eigenvalue weighted by Gasteiger charge is 2.21. The quantitative estimate of drug-likeness (QED) is 0.686. The molecule has 0 radical (unpaired) electrons. The number of fused-ring (bicyclic) bond motifs is 1. The first-order valence-corrected chi connectivity index (χ1v) is 9.04. The summed E-state index contributed by atoms with van der Waals surface area (Å²) < 4.78 is 6.98. The number of nitrogens with zero attached hydrogens (tertiary/aromatic N) is 1. The van der Waals surface area contributed by atoms with Crippen LogP contribution in [0.5, 0.6) is 5.75 Å². The summed E-state index contributed by atoms with van der Waals surface area (Å²) in [5, 5.41) is 10.9. The number of carbonyl (C=O) groups is 1. The van der Waals surface area contributed by atoms with Crippen molar-refractivity contribution in [3.8, 4) is 5.75 Å². The topological polar surface area (TPSA) is 68.5 Å². The fourth-order valence-corrected chi connectivity index (χ4v) is 3.16. The minimum absolute atomic E-state index is 0.0391. The summed E-state index contributed by atoms with van der Waals surface area (Å²) >= 11 is 0. The van der Waals surface area contributed by atoms with Crippen LogP contribution in [-0.4, -0.2) is 21.7 Å². The van der Waals surface area contributed by atoms with Crippen LogP contribution < -0.4 is 10.3 Å². The van der Waals surface area contributed by atoms with Gasteiger partial charge in [-0.15, -0.1) is 0 Å². The van der Waals surface area contributed by atoms with E-state index in [0.717, 1.165) is 10.9 Å². The van der Waals surface area contributed by atoms with E-state index in [2.05, 4.69) is 0 Å². The average Bonchev–Trinajstić information content (AvgIpc) is 2.63. The SMILES string of the molecule is CC(C)Oc1ccc2c(=O)n(C(CCc3ccccc3)C(=O)O)ccc2c1. The van der Waals surface area contributed by atoms with Gasteiger partial charge in [-0.3, -0.25) is 4.79 Å². The highest BCUT2D eigenvalue weighted by molar-refractivity contribution is 5.83. The number of pyridine rings is 1. The van der Waals surface area contributed by atoms with Crippen molar-refractivity contribution in [1.29, 1.82) is 0 Å². The van der Waals surface area contributed by atoms with Crippen LogP contribution in [-0.2, 0) is 11.2 Å². The predicted molar refractivity (Wildman–Crippen MR) is 105 cm³/mol. The molecule has 3 rings (SSSR count). The number of ether oxygens (including phenoxy) is 1. The molecule has 1 heterocycles. The second-order valence-corrected chi connectivity index (χ2v) is 6.82. The van der Waals surface area contributed by atoms with E-state index >= 15 is 0 Å². The maximum atomic E-state index is 12.9. The Bertz CT molecular complexity index is 992. The van der Waals surface area contributed by atoms with Gasteiger partial charge in [0.15, 0.2) is 0 Å². The summed E-state index contributed by atoms with van der Waals surface area (Å²) in [4.78, 5) is 24.7. The van der Waals surface area contributed by atoms with Crippen LogP contribution >= 0.6 is 0 Å². The highest BCUT2D eigenvalue weighted by atomic mass is 16.5. The summed E-state index contributed by atoms with van der Waals surface area (Å²) in [6.07, 6.45) is 2.54. The van der Waals surface area contributed by atoms with E-state index in [0.29, 0.717) is 24.0 Å². The fraction of sp³-hybridized carbons (Fsp3) is 0.273. The third-order valence-electron chi connectivity index (χ3n) is 4.44. The van der Waals surface area contributed by atoms with Gasteiger partial charge in [-0.2, -0.15) is 0 Å². The van der Waals surface area contributed by atoms with E-state index in [-0.39, 0.29) is 11.7 Å². The van der Waals surface area contributed by atoms with E-state index in [1.807, 2.05) is 44.2 Å². The number of carboxylic acid groups (broad SMARTS) is 1. The Morgan fingerprint density at radius 2 is 1.85 bits per heavy atom. The number of benzene rings is 2. The Morgan fingerprint density at radius 1 is 1.11 bits per heavy atom. The second kappa shape index (κ2) is 8.08. The smallest absolute Gasteiger partial charge is 0.326 e. The zero-order valence-electron chi connectivity index (χ0n) is 15.5. The molecule has 0 spiro atoms. The molecule has 5 nitrogen and oxygen atoms in total. The lowest BCUT2D eigenvalue weighted by Gasteiger charge is -2.17. The third kappa shape index (κ3) is 4.37. The monoisotopic (exact) mass is 365 g/mol. The van der Waals surface area contributed by atoms with Crippen molar-refractivity contribution >= 4 is 16.7 Å². The van der Waals surface area contributed by atoms with E-state index < -0.39 is 12.0 Å². The Hall–Kier alpha value is -3.08. The minimum Gasteiger partial charge on any atom is -0.491 e. The van der Waals surface area contributed by atoms with Crippen LogP contribution in [0.2, 0.25) is 0 Å². The van der Waals surface area contributed by atoms with Gasteiger partial charge >= 0.3 is 5.97 Å². The number of hydrogen-bond acceptors (Lipinski definition) is 3. The van der Waals surface area contributed by atoms with E-state index in [4.69, 9.17) is 4.74 Å². The first-order valence-electron chi connectivity index (χ1n) is 9.04. The Balaban J connectivity index is 1.91. The van der Waals surface area contributed by atoms with Gasteiger partial charge in [0.1, 0.15) is 11.8 Å².